The van der Waals surface area contributed by atoms with Crippen LogP contribution in [-0.4, -0.2) is 13.0 Å². The molecule has 2 atom stereocenters. The molecule has 0 aliphatic heterocycles. The summed E-state index contributed by atoms with van der Waals surface area (Å²) in [5, 5.41) is 5.40. The Labute approximate surface area is 142 Å². The van der Waals surface area contributed by atoms with Gasteiger partial charge in [-0.1, -0.05) is 72.8 Å². The first-order valence-electron chi connectivity index (χ1n) is 8.06. The number of methoxy groups -OCH3 is 1. The van der Waals surface area contributed by atoms with Gasteiger partial charge >= 0.3 is 0 Å². The number of hydrogen-bond acceptors (Lipinski definition) is 2. The Kier molecular flexibility index (Phi) is 4.92. The van der Waals surface area contributed by atoms with E-state index in [1.165, 1.54) is 5.39 Å². The molecule has 24 heavy (non-hydrogen) atoms. The van der Waals surface area contributed by atoms with E-state index in [0.717, 1.165) is 16.5 Å². The van der Waals surface area contributed by atoms with Gasteiger partial charge in [-0.3, -0.25) is 4.79 Å². The average Bonchev–Trinajstić information content (AvgIpc) is 2.62. The fourth-order valence-electron chi connectivity index (χ4n) is 3.02. The van der Waals surface area contributed by atoms with E-state index in [4.69, 9.17) is 4.74 Å². The van der Waals surface area contributed by atoms with E-state index >= 15 is 0 Å². The molecule has 0 aromatic heterocycles. The minimum Gasteiger partial charge on any atom is -0.367 e. The number of nitrogens with one attached hydrogen (secondary N) is 1. The highest BCUT2D eigenvalue weighted by Gasteiger charge is 2.22. The highest BCUT2D eigenvalue weighted by molar-refractivity contribution is 5.87. The molecule has 1 N–H and O–H groups in total. The third kappa shape index (κ3) is 3.31. The lowest BCUT2D eigenvalue weighted by Crippen LogP contribution is -2.32. The van der Waals surface area contributed by atoms with E-state index in [9.17, 15) is 4.79 Å². The van der Waals surface area contributed by atoms with Crippen molar-refractivity contribution in [3.05, 3.63) is 83.9 Å². The molecule has 0 bridgehead atoms. The number of ether oxygens (including phenoxy) is 1. The van der Waals surface area contributed by atoms with Crippen LogP contribution in [0.1, 0.15) is 30.2 Å². The van der Waals surface area contributed by atoms with Crippen LogP contribution in [0.4, 0.5) is 0 Å². The summed E-state index contributed by atoms with van der Waals surface area (Å²) in [6, 6.07) is 23.8. The summed E-state index contributed by atoms with van der Waals surface area (Å²) in [6.07, 6.45) is -0.608. The van der Waals surface area contributed by atoms with Crippen LogP contribution < -0.4 is 5.32 Å². The number of fused-ring (bicyclic) bond motifs is 1. The monoisotopic (exact) mass is 319 g/mol. The lowest BCUT2D eigenvalue weighted by molar-refractivity contribution is -0.132. The zero-order chi connectivity index (χ0) is 16.9. The molecule has 0 unspecified atom stereocenters. The second-order valence-electron chi connectivity index (χ2n) is 5.83. The number of carbonyl (C=O) groups excluding carboxylic acids is 1. The van der Waals surface area contributed by atoms with Gasteiger partial charge < -0.3 is 10.1 Å². The number of carbonyl (C=O) groups is 1. The normalized spacial score (nSPS) is 13.4. The van der Waals surface area contributed by atoms with Crippen LogP contribution in [-0.2, 0) is 9.53 Å². The first-order valence-corrected chi connectivity index (χ1v) is 8.06. The lowest BCUT2D eigenvalue weighted by Gasteiger charge is -2.21. The molecule has 3 nitrogen and oxygen atoms in total. The van der Waals surface area contributed by atoms with Gasteiger partial charge in [0.15, 0.2) is 6.10 Å². The zero-order valence-corrected chi connectivity index (χ0v) is 13.9. The van der Waals surface area contributed by atoms with Crippen LogP contribution in [0, 0.1) is 0 Å². The largest absolute Gasteiger partial charge is 0.367 e. The Morgan fingerprint density at radius 1 is 0.917 bits per heavy atom. The fraction of sp³-hybridized carbons (Fsp3) is 0.190. The second-order valence-corrected chi connectivity index (χ2v) is 5.83. The van der Waals surface area contributed by atoms with Crippen LogP contribution in [0.3, 0.4) is 0 Å². The first kappa shape index (κ1) is 16.2. The van der Waals surface area contributed by atoms with Gasteiger partial charge in [0.2, 0.25) is 0 Å². The molecule has 3 rings (SSSR count). The highest BCUT2D eigenvalue weighted by Crippen LogP contribution is 2.25. The second kappa shape index (κ2) is 7.28. The molecular weight excluding hydrogens is 298 g/mol. The quantitative estimate of drug-likeness (QED) is 0.757. The van der Waals surface area contributed by atoms with Gasteiger partial charge in [-0.15, -0.1) is 0 Å². The van der Waals surface area contributed by atoms with Crippen LogP contribution in [0.2, 0.25) is 0 Å². The third-order valence-corrected chi connectivity index (χ3v) is 4.22. The summed E-state index contributed by atoms with van der Waals surface area (Å²) in [5.41, 5.74) is 1.95. The van der Waals surface area contributed by atoms with Gasteiger partial charge in [-0.2, -0.15) is 0 Å². The molecule has 0 saturated carbocycles. The van der Waals surface area contributed by atoms with Crippen molar-refractivity contribution in [3.8, 4) is 0 Å². The number of rotatable bonds is 5. The van der Waals surface area contributed by atoms with E-state index in [-0.39, 0.29) is 11.9 Å². The van der Waals surface area contributed by atoms with Crippen LogP contribution in [0.5, 0.6) is 0 Å². The van der Waals surface area contributed by atoms with Crippen LogP contribution >= 0.6 is 0 Å². The maximum Gasteiger partial charge on any atom is 0.254 e. The van der Waals surface area contributed by atoms with Gasteiger partial charge in [0.25, 0.3) is 5.91 Å². The molecule has 3 aromatic carbocycles. The number of benzene rings is 3. The van der Waals surface area contributed by atoms with E-state index in [1.54, 1.807) is 7.11 Å². The van der Waals surface area contributed by atoms with E-state index < -0.39 is 6.10 Å². The lowest BCUT2D eigenvalue weighted by atomic mass is 9.99. The summed E-state index contributed by atoms with van der Waals surface area (Å²) in [7, 11) is 1.56. The Morgan fingerprint density at radius 3 is 2.33 bits per heavy atom. The average molecular weight is 319 g/mol. The zero-order valence-electron chi connectivity index (χ0n) is 13.9. The third-order valence-electron chi connectivity index (χ3n) is 4.22. The molecule has 0 saturated heterocycles. The van der Waals surface area contributed by atoms with Crippen LogP contribution in [0.15, 0.2) is 72.8 Å². The standard InChI is InChI=1S/C21H21NO2/c1-15(18-14-8-12-16-9-6-7-13-19(16)18)22-21(23)20(24-2)17-10-4-3-5-11-17/h3-15,20H,1-2H3,(H,22,23)/t15-,20+/m1/s1. The fourth-order valence-corrected chi connectivity index (χ4v) is 3.02. The van der Waals surface area contributed by atoms with Crippen molar-refractivity contribution in [3.63, 3.8) is 0 Å². The number of hydrogen-bond donors (Lipinski definition) is 1. The number of amides is 1. The van der Waals surface area contributed by atoms with Crippen molar-refractivity contribution in [2.45, 2.75) is 19.1 Å². The maximum absolute atomic E-state index is 12.7. The summed E-state index contributed by atoms with van der Waals surface area (Å²) in [5.74, 6) is -0.135. The smallest absolute Gasteiger partial charge is 0.254 e. The highest BCUT2D eigenvalue weighted by atomic mass is 16.5. The van der Waals surface area contributed by atoms with Crippen molar-refractivity contribution >= 4 is 16.7 Å². The molecule has 3 aromatic rings. The predicted molar refractivity (Wildman–Crippen MR) is 96.7 cm³/mol. The molecule has 0 fully saturated rings. The van der Waals surface area contributed by atoms with Crippen molar-refractivity contribution in [2.75, 3.05) is 7.11 Å². The summed E-state index contributed by atoms with van der Waals surface area (Å²) >= 11 is 0. The van der Waals surface area contributed by atoms with Gasteiger partial charge in [0.05, 0.1) is 6.04 Å². The van der Waals surface area contributed by atoms with Gasteiger partial charge in [0.1, 0.15) is 0 Å². The molecule has 0 heterocycles. The van der Waals surface area contributed by atoms with Gasteiger partial charge in [-0.05, 0) is 28.8 Å². The Balaban J connectivity index is 1.83. The van der Waals surface area contributed by atoms with Gasteiger partial charge in [0, 0.05) is 7.11 Å². The molecule has 0 aliphatic rings. The summed E-state index contributed by atoms with van der Waals surface area (Å²) in [6.45, 7) is 2.00. The molecule has 1 amide bonds. The summed E-state index contributed by atoms with van der Waals surface area (Å²) < 4.78 is 5.41. The van der Waals surface area contributed by atoms with E-state index in [1.807, 2.05) is 55.5 Å². The van der Waals surface area contributed by atoms with Gasteiger partial charge in [-0.25, -0.2) is 0 Å². The molecule has 122 valence electrons. The van der Waals surface area contributed by atoms with Crippen LogP contribution in [0.25, 0.3) is 10.8 Å². The summed E-state index contributed by atoms with van der Waals surface area (Å²) in [4.78, 5) is 12.7. The maximum atomic E-state index is 12.7. The molecule has 0 radical (unpaired) electrons. The van der Waals surface area contributed by atoms with Crippen molar-refractivity contribution < 1.29 is 9.53 Å². The van der Waals surface area contributed by atoms with Crippen molar-refractivity contribution in [1.29, 1.82) is 0 Å². The minimum atomic E-state index is -0.608. The Bertz CT molecular complexity index is 824. The Morgan fingerprint density at radius 2 is 1.58 bits per heavy atom. The molecule has 0 spiro atoms. The molecule has 3 heteroatoms. The first-order chi connectivity index (χ1) is 11.7. The van der Waals surface area contributed by atoms with E-state index in [2.05, 4.69) is 29.6 Å². The minimum absolute atomic E-state index is 0.107. The SMILES string of the molecule is CO[C@H](C(=O)N[C@H](C)c1cccc2ccccc12)c1ccccc1. The Hall–Kier alpha value is -2.65. The molecule has 0 aliphatic carbocycles. The molecular formula is C21H21NO2. The van der Waals surface area contributed by atoms with Crippen molar-refractivity contribution in [2.24, 2.45) is 0 Å². The van der Waals surface area contributed by atoms with Crippen molar-refractivity contribution in [1.82, 2.24) is 5.32 Å². The topological polar surface area (TPSA) is 38.3 Å². The predicted octanol–water partition coefficient (Wildman–Crippen LogP) is 4.40. The van der Waals surface area contributed by atoms with E-state index in [0.29, 0.717) is 0 Å².